The van der Waals surface area contributed by atoms with Crippen LogP contribution in [0.4, 0.5) is 0 Å². The number of hydrogen-bond acceptors (Lipinski definition) is 1. The number of Topliss-reactive ketones (excluding diaryl/α,β-unsaturated/α-hetero) is 1. The van der Waals surface area contributed by atoms with Gasteiger partial charge in [-0.15, -0.1) is 6.58 Å². The van der Waals surface area contributed by atoms with Gasteiger partial charge in [-0.2, -0.15) is 0 Å². The van der Waals surface area contributed by atoms with Crippen molar-refractivity contribution in [1.29, 1.82) is 0 Å². The summed E-state index contributed by atoms with van der Waals surface area (Å²) >= 11 is 6.69. The SMILES string of the molecule is C=CCCC(=O)c1cc(Br)cc(Br)c1. The van der Waals surface area contributed by atoms with E-state index in [0.717, 1.165) is 20.9 Å². The minimum absolute atomic E-state index is 0.145. The fraction of sp³-hybridized carbons (Fsp3) is 0.182. The van der Waals surface area contributed by atoms with Gasteiger partial charge in [0.25, 0.3) is 0 Å². The van der Waals surface area contributed by atoms with E-state index in [1.54, 1.807) is 6.08 Å². The Morgan fingerprint density at radius 1 is 1.29 bits per heavy atom. The second kappa shape index (κ2) is 5.47. The molecule has 0 atom stereocenters. The molecule has 1 rings (SSSR count). The molecule has 14 heavy (non-hydrogen) atoms. The van der Waals surface area contributed by atoms with Crippen LogP contribution < -0.4 is 0 Å². The van der Waals surface area contributed by atoms with Crippen LogP contribution >= 0.6 is 31.9 Å². The number of halogens is 2. The van der Waals surface area contributed by atoms with Crippen molar-refractivity contribution in [3.8, 4) is 0 Å². The Morgan fingerprint density at radius 3 is 2.36 bits per heavy atom. The van der Waals surface area contributed by atoms with Crippen molar-refractivity contribution >= 4 is 37.6 Å². The van der Waals surface area contributed by atoms with E-state index in [1.165, 1.54) is 0 Å². The van der Waals surface area contributed by atoms with Gasteiger partial charge in [-0.1, -0.05) is 37.9 Å². The first-order chi connectivity index (χ1) is 6.63. The monoisotopic (exact) mass is 316 g/mol. The van der Waals surface area contributed by atoms with Crippen molar-refractivity contribution < 1.29 is 4.79 Å². The molecule has 0 aliphatic carbocycles. The maximum Gasteiger partial charge on any atom is 0.163 e. The van der Waals surface area contributed by atoms with Gasteiger partial charge in [0.05, 0.1) is 0 Å². The highest BCUT2D eigenvalue weighted by atomic mass is 79.9. The van der Waals surface area contributed by atoms with Crippen LogP contribution in [-0.2, 0) is 0 Å². The first-order valence-electron chi connectivity index (χ1n) is 4.23. The number of rotatable bonds is 4. The Morgan fingerprint density at radius 2 is 1.86 bits per heavy atom. The minimum Gasteiger partial charge on any atom is -0.294 e. The Labute approximate surface area is 100 Å². The third-order valence-electron chi connectivity index (χ3n) is 1.76. The van der Waals surface area contributed by atoms with E-state index >= 15 is 0 Å². The van der Waals surface area contributed by atoms with Crippen LogP contribution in [0.15, 0.2) is 39.8 Å². The summed E-state index contributed by atoms with van der Waals surface area (Å²) in [6, 6.07) is 5.57. The summed E-state index contributed by atoms with van der Waals surface area (Å²) in [6.45, 7) is 3.59. The molecule has 0 aliphatic heterocycles. The van der Waals surface area contributed by atoms with Gasteiger partial charge in [-0.3, -0.25) is 4.79 Å². The summed E-state index contributed by atoms with van der Waals surface area (Å²) in [5, 5.41) is 0. The quantitative estimate of drug-likeness (QED) is 0.595. The molecule has 0 saturated carbocycles. The molecule has 0 unspecified atom stereocenters. The highest BCUT2D eigenvalue weighted by Gasteiger charge is 2.06. The first kappa shape index (κ1) is 11.7. The van der Waals surface area contributed by atoms with Crippen LogP contribution in [-0.4, -0.2) is 5.78 Å². The normalized spacial score (nSPS) is 9.86. The molecule has 0 fully saturated rings. The number of carbonyl (C=O) groups excluding carboxylic acids is 1. The Bertz CT molecular complexity index is 338. The summed E-state index contributed by atoms with van der Waals surface area (Å²) in [7, 11) is 0. The van der Waals surface area contributed by atoms with Crippen LogP contribution in [0.3, 0.4) is 0 Å². The highest BCUT2D eigenvalue weighted by molar-refractivity contribution is 9.11. The standard InChI is InChI=1S/C11H10Br2O/c1-2-3-4-11(14)8-5-9(12)7-10(13)6-8/h2,5-7H,1,3-4H2. The molecule has 0 aliphatic rings. The van der Waals surface area contributed by atoms with Crippen LogP contribution in [0.25, 0.3) is 0 Å². The molecule has 3 heteroatoms. The van der Waals surface area contributed by atoms with Crippen LogP contribution in [0.1, 0.15) is 23.2 Å². The molecule has 0 N–H and O–H groups in total. The summed E-state index contributed by atoms with van der Waals surface area (Å²) in [5.74, 6) is 0.145. The Kier molecular flexibility index (Phi) is 4.55. The fourth-order valence-corrected chi connectivity index (χ4v) is 2.39. The van der Waals surface area contributed by atoms with Gasteiger partial charge in [-0.05, 0) is 24.6 Å². The maximum absolute atomic E-state index is 11.6. The average molecular weight is 318 g/mol. The van der Waals surface area contributed by atoms with Gasteiger partial charge < -0.3 is 0 Å². The van der Waals surface area contributed by atoms with E-state index < -0.39 is 0 Å². The van der Waals surface area contributed by atoms with E-state index in [-0.39, 0.29) is 5.78 Å². The molecule has 0 bridgehead atoms. The van der Waals surface area contributed by atoms with Gasteiger partial charge in [0.1, 0.15) is 0 Å². The van der Waals surface area contributed by atoms with E-state index in [9.17, 15) is 4.79 Å². The van der Waals surface area contributed by atoms with Crippen LogP contribution in [0.2, 0.25) is 0 Å². The minimum atomic E-state index is 0.145. The average Bonchev–Trinajstić information content (AvgIpc) is 2.12. The van der Waals surface area contributed by atoms with Gasteiger partial charge in [0, 0.05) is 20.9 Å². The van der Waals surface area contributed by atoms with Crippen LogP contribution in [0.5, 0.6) is 0 Å². The molecule has 0 aromatic heterocycles. The van der Waals surface area contributed by atoms with Gasteiger partial charge in [-0.25, -0.2) is 0 Å². The zero-order chi connectivity index (χ0) is 10.6. The lowest BCUT2D eigenvalue weighted by molar-refractivity contribution is 0.0983. The van der Waals surface area contributed by atoms with E-state index in [4.69, 9.17) is 0 Å². The molecular formula is C11H10Br2O. The lowest BCUT2D eigenvalue weighted by Crippen LogP contribution is -1.98. The summed E-state index contributed by atoms with van der Waals surface area (Å²) < 4.78 is 1.82. The van der Waals surface area contributed by atoms with Gasteiger partial charge in [0.2, 0.25) is 0 Å². The second-order valence-corrected chi connectivity index (χ2v) is 4.74. The zero-order valence-electron chi connectivity index (χ0n) is 7.59. The third kappa shape index (κ3) is 3.39. The van der Waals surface area contributed by atoms with Crippen molar-refractivity contribution in [3.63, 3.8) is 0 Å². The predicted octanol–water partition coefficient (Wildman–Crippen LogP) is 4.36. The molecule has 0 radical (unpaired) electrons. The highest BCUT2D eigenvalue weighted by Crippen LogP contribution is 2.21. The number of carbonyl (C=O) groups is 1. The number of ketones is 1. The number of benzene rings is 1. The molecular weight excluding hydrogens is 308 g/mol. The number of hydrogen-bond donors (Lipinski definition) is 0. The second-order valence-electron chi connectivity index (χ2n) is 2.91. The molecule has 0 spiro atoms. The smallest absolute Gasteiger partial charge is 0.163 e. The summed E-state index contributed by atoms with van der Waals surface area (Å²) in [4.78, 5) is 11.6. The lowest BCUT2D eigenvalue weighted by atomic mass is 10.1. The van der Waals surface area contributed by atoms with E-state index in [0.29, 0.717) is 6.42 Å². The maximum atomic E-state index is 11.6. The van der Waals surface area contributed by atoms with Crippen molar-refractivity contribution in [2.24, 2.45) is 0 Å². The van der Waals surface area contributed by atoms with E-state index in [2.05, 4.69) is 38.4 Å². The largest absolute Gasteiger partial charge is 0.294 e. The first-order valence-corrected chi connectivity index (χ1v) is 5.82. The molecule has 1 aromatic rings. The molecule has 1 aromatic carbocycles. The lowest BCUT2D eigenvalue weighted by Gasteiger charge is -2.01. The third-order valence-corrected chi connectivity index (χ3v) is 2.68. The van der Waals surface area contributed by atoms with E-state index in [1.807, 2.05) is 18.2 Å². The number of allylic oxidation sites excluding steroid dienone is 1. The fourth-order valence-electron chi connectivity index (χ4n) is 1.09. The molecule has 0 heterocycles. The summed E-state index contributed by atoms with van der Waals surface area (Å²) in [6.07, 6.45) is 3.00. The van der Waals surface area contributed by atoms with Crippen molar-refractivity contribution in [2.45, 2.75) is 12.8 Å². The zero-order valence-corrected chi connectivity index (χ0v) is 10.8. The van der Waals surface area contributed by atoms with Gasteiger partial charge >= 0.3 is 0 Å². The van der Waals surface area contributed by atoms with Crippen molar-refractivity contribution in [2.75, 3.05) is 0 Å². The predicted molar refractivity (Wildman–Crippen MR) is 65.6 cm³/mol. The topological polar surface area (TPSA) is 17.1 Å². The Balaban J connectivity index is 2.84. The van der Waals surface area contributed by atoms with Crippen molar-refractivity contribution in [3.05, 3.63) is 45.4 Å². The van der Waals surface area contributed by atoms with Crippen LogP contribution in [0, 0.1) is 0 Å². The molecule has 74 valence electrons. The van der Waals surface area contributed by atoms with Gasteiger partial charge in [0.15, 0.2) is 5.78 Å². The molecule has 0 amide bonds. The molecule has 1 nitrogen and oxygen atoms in total. The summed E-state index contributed by atoms with van der Waals surface area (Å²) in [5.41, 5.74) is 0.730. The Hall–Kier alpha value is -0.410. The molecule has 0 saturated heterocycles. The van der Waals surface area contributed by atoms with Crippen molar-refractivity contribution in [1.82, 2.24) is 0 Å².